The third-order valence-electron chi connectivity index (χ3n) is 3.37. The lowest BCUT2D eigenvalue weighted by atomic mass is 9.86. The lowest BCUT2D eigenvalue weighted by molar-refractivity contribution is -0.130. The molecule has 0 spiro atoms. The summed E-state index contributed by atoms with van der Waals surface area (Å²) in [6, 6.07) is 3.85. The molecule has 1 saturated carbocycles. The summed E-state index contributed by atoms with van der Waals surface area (Å²) >= 11 is 0. The van der Waals surface area contributed by atoms with Gasteiger partial charge in [-0.25, -0.2) is 0 Å². The molecule has 0 aromatic heterocycles. The van der Waals surface area contributed by atoms with E-state index in [1.165, 1.54) is 37.0 Å². The fourth-order valence-corrected chi connectivity index (χ4v) is 2.36. The topological polar surface area (TPSA) is 67.9 Å². The molecule has 0 atom stereocenters. The molecule has 4 heteroatoms. The van der Waals surface area contributed by atoms with Gasteiger partial charge in [0.2, 0.25) is 5.91 Å². The van der Waals surface area contributed by atoms with Crippen LogP contribution in [-0.4, -0.2) is 23.9 Å². The van der Waals surface area contributed by atoms with E-state index in [1.807, 2.05) is 12.1 Å². The summed E-state index contributed by atoms with van der Waals surface area (Å²) in [5, 5.41) is 17.2. The van der Waals surface area contributed by atoms with Gasteiger partial charge >= 0.3 is 0 Å². The zero-order valence-electron chi connectivity index (χ0n) is 10.2. The second-order valence-electron chi connectivity index (χ2n) is 4.61. The molecule has 0 aromatic carbocycles. The number of amides is 1. The van der Waals surface area contributed by atoms with Gasteiger partial charge < -0.3 is 4.90 Å². The molecule has 0 N–H and O–H groups in total. The molecular weight excluding hydrogens is 214 g/mol. The van der Waals surface area contributed by atoms with Crippen LogP contribution in [0.1, 0.15) is 44.9 Å². The SMILES string of the molecule is N#CCN(CC#N)C(=O)CCC1CCCCC1. The first-order valence-corrected chi connectivity index (χ1v) is 6.29. The van der Waals surface area contributed by atoms with E-state index in [0.717, 1.165) is 6.42 Å². The standard InChI is InChI=1S/C13H19N3O/c14-8-10-16(11-9-15)13(17)7-6-12-4-2-1-3-5-12/h12H,1-7,10-11H2. The highest BCUT2D eigenvalue weighted by molar-refractivity contribution is 5.76. The van der Waals surface area contributed by atoms with Gasteiger partial charge in [0.25, 0.3) is 0 Å². The second-order valence-corrected chi connectivity index (χ2v) is 4.61. The van der Waals surface area contributed by atoms with Gasteiger partial charge in [-0.05, 0) is 12.3 Å². The summed E-state index contributed by atoms with van der Waals surface area (Å²) in [6.45, 7) is 0.0497. The van der Waals surface area contributed by atoms with E-state index >= 15 is 0 Å². The van der Waals surface area contributed by atoms with Crippen LogP contribution in [-0.2, 0) is 4.79 Å². The zero-order chi connectivity index (χ0) is 12.5. The molecule has 1 amide bonds. The Labute approximate surface area is 103 Å². The number of rotatable bonds is 5. The van der Waals surface area contributed by atoms with Crippen LogP contribution < -0.4 is 0 Å². The largest absolute Gasteiger partial charge is 0.316 e. The Morgan fingerprint density at radius 2 is 1.71 bits per heavy atom. The first-order valence-electron chi connectivity index (χ1n) is 6.29. The van der Waals surface area contributed by atoms with Crippen LogP contribution in [0.4, 0.5) is 0 Å². The highest BCUT2D eigenvalue weighted by Crippen LogP contribution is 2.27. The molecule has 0 bridgehead atoms. The molecule has 4 nitrogen and oxygen atoms in total. The van der Waals surface area contributed by atoms with Crippen LogP contribution in [0.15, 0.2) is 0 Å². The predicted octanol–water partition coefficient (Wildman–Crippen LogP) is 2.22. The van der Waals surface area contributed by atoms with Gasteiger partial charge in [-0.15, -0.1) is 0 Å². The molecule has 1 aliphatic rings. The minimum absolute atomic E-state index is 0.0249. The lowest BCUT2D eigenvalue weighted by Gasteiger charge is -2.22. The molecule has 1 fully saturated rings. The number of carbonyl (C=O) groups excluding carboxylic acids is 1. The smallest absolute Gasteiger partial charge is 0.224 e. The molecule has 0 radical (unpaired) electrons. The minimum Gasteiger partial charge on any atom is -0.316 e. The summed E-state index contributed by atoms with van der Waals surface area (Å²) in [6.07, 6.45) is 7.71. The molecule has 0 saturated heterocycles. The Morgan fingerprint density at radius 3 is 2.24 bits per heavy atom. The molecule has 1 rings (SSSR count). The van der Waals surface area contributed by atoms with Gasteiger partial charge in [0, 0.05) is 6.42 Å². The molecular formula is C13H19N3O. The van der Waals surface area contributed by atoms with Crippen molar-refractivity contribution in [3.05, 3.63) is 0 Å². The van der Waals surface area contributed by atoms with Crippen LogP contribution in [0, 0.1) is 28.6 Å². The summed E-state index contributed by atoms with van der Waals surface area (Å²) in [5.74, 6) is 0.609. The van der Waals surface area contributed by atoms with Crippen molar-refractivity contribution in [1.82, 2.24) is 4.90 Å². The van der Waals surface area contributed by atoms with E-state index < -0.39 is 0 Å². The summed E-state index contributed by atoms with van der Waals surface area (Å²) in [5.41, 5.74) is 0. The zero-order valence-corrected chi connectivity index (χ0v) is 10.2. The number of nitrogens with zero attached hydrogens (tertiary/aromatic N) is 3. The van der Waals surface area contributed by atoms with Crippen molar-refractivity contribution in [3.8, 4) is 12.1 Å². The normalized spacial score (nSPS) is 15.9. The van der Waals surface area contributed by atoms with Crippen LogP contribution in [0.5, 0.6) is 0 Å². The molecule has 1 aliphatic carbocycles. The second kappa shape index (κ2) is 7.68. The molecule has 17 heavy (non-hydrogen) atoms. The number of hydrogen-bond donors (Lipinski definition) is 0. The van der Waals surface area contributed by atoms with Crippen molar-refractivity contribution in [2.24, 2.45) is 5.92 Å². The van der Waals surface area contributed by atoms with Crippen molar-refractivity contribution < 1.29 is 4.79 Å². The highest BCUT2D eigenvalue weighted by atomic mass is 16.2. The third-order valence-corrected chi connectivity index (χ3v) is 3.37. The monoisotopic (exact) mass is 233 g/mol. The summed E-state index contributed by atoms with van der Waals surface area (Å²) < 4.78 is 0. The van der Waals surface area contributed by atoms with Gasteiger partial charge in [0.1, 0.15) is 13.1 Å². The average Bonchev–Trinajstić information content (AvgIpc) is 2.37. The van der Waals surface area contributed by atoms with Crippen LogP contribution in [0.3, 0.4) is 0 Å². The average molecular weight is 233 g/mol. The van der Waals surface area contributed by atoms with Crippen LogP contribution in [0.2, 0.25) is 0 Å². The van der Waals surface area contributed by atoms with Gasteiger partial charge in [0.05, 0.1) is 12.1 Å². The maximum absolute atomic E-state index is 11.8. The maximum Gasteiger partial charge on any atom is 0.224 e. The van der Waals surface area contributed by atoms with E-state index in [2.05, 4.69) is 0 Å². The van der Waals surface area contributed by atoms with E-state index in [0.29, 0.717) is 12.3 Å². The van der Waals surface area contributed by atoms with Gasteiger partial charge in [-0.1, -0.05) is 32.1 Å². The van der Waals surface area contributed by atoms with Gasteiger partial charge in [-0.2, -0.15) is 10.5 Å². The number of carbonyl (C=O) groups is 1. The Bertz CT molecular complexity index is 305. The predicted molar refractivity (Wildman–Crippen MR) is 63.6 cm³/mol. The molecule has 0 aromatic rings. The van der Waals surface area contributed by atoms with Gasteiger partial charge in [-0.3, -0.25) is 4.79 Å². The first kappa shape index (κ1) is 13.5. The van der Waals surface area contributed by atoms with Crippen molar-refractivity contribution >= 4 is 5.91 Å². The van der Waals surface area contributed by atoms with E-state index in [4.69, 9.17) is 10.5 Å². The van der Waals surface area contributed by atoms with E-state index in [1.54, 1.807) is 0 Å². The Hall–Kier alpha value is -1.55. The van der Waals surface area contributed by atoms with Crippen molar-refractivity contribution in [2.45, 2.75) is 44.9 Å². The number of nitriles is 2. The minimum atomic E-state index is -0.0568. The molecule has 0 heterocycles. The Balaban J connectivity index is 2.31. The third kappa shape index (κ3) is 4.87. The summed E-state index contributed by atoms with van der Waals surface area (Å²) in [4.78, 5) is 13.1. The molecule has 0 aliphatic heterocycles. The van der Waals surface area contributed by atoms with Crippen molar-refractivity contribution in [3.63, 3.8) is 0 Å². The van der Waals surface area contributed by atoms with E-state index in [9.17, 15) is 4.79 Å². The fraction of sp³-hybridized carbons (Fsp3) is 0.769. The fourth-order valence-electron chi connectivity index (χ4n) is 2.36. The van der Waals surface area contributed by atoms with Crippen LogP contribution in [0.25, 0.3) is 0 Å². The Kier molecular flexibility index (Phi) is 6.10. The number of hydrogen-bond acceptors (Lipinski definition) is 3. The first-order chi connectivity index (χ1) is 8.27. The quantitative estimate of drug-likeness (QED) is 0.684. The van der Waals surface area contributed by atoms with Crippen molar-refractivity contribution in [1.29, 1.82) is 10.5 Å². The molecule has 0 unspecified atom stereocenters. The maximum atomic E-state index is 11.8. The Morgan fingerprint density at radius 1 is 1.12 bits per heavy atom. The van der Waals surface area contributed by atoms with Crippen molar-refractivity contribution in [2.75, 3.05) is 13.1 Å². The molecule has 92 valence electrons. The summed E-state index contributed by atoms with van der Waals surface area (Å²) in [7, 11) is 0. The highest BCUT2D eigenvalue weighted by Gasteiger charge is 2.17. The van der Waals surface area contributed by atoms with E-state index in [-0.39, 0.29) is 19.0 Å². The lowest BCUT2D eigenvalue weighted by Crippen LogP contribution is -2.32. The van der Waals surface area contributed by atoms with Crippen LogP contribution >= 0.6 is 0 Å². The van der Waals surface area contributed by atoms with Gasteiger partial charge in [0.15, 0.2) is 0 Å².